The Morgan fingerprint density at radius 2 is 1.87 bits per heavy atom. The maximum Gasteiger partial charge on any atom is 0.413 e. The molecule has 1 aromatic rings. The van der Waals surface area contributed by atoms with E-state index in [9.17, 15) is 4.79 Å². The van der Waals surface area contributed by atoms with Crippen molar-refractivity contribution in [2.24, 2.45) is 11.3 Å². The molecule has 0 aromatic carbocycles. The van der Waals surface area contributed by atoms with E-state index < -0.39 is 14.4 Å². The van der Waals surface area contributed by atoms with Crippen molar-refractivity contribution < 1.29 is 14.0 Å². The summed E-state index contributed by atoms with van der Waals surface area (Å²) in [5, 5.41) is 2.87. The molecule has 1 fully saturated rings. The molecule has 1 atom stereocenters. The highest BCUT2D eigenvalue weighted by molar-refractivity contribution is 6.74. The Hall–Kier alpha value is -2.08. The number of amides is 1. The third kappa shape index (κ3) is 6.00. The molecule has 0 saturated heterocycles. The maximum atomic E-state index is 12.4. The fourth-order valence-electron chi connectivity index (χ4n) is 4.13. The molecule has 0 bridgehead atoms. The number of nitrogens with zero attached hydrogens (tertiary/aromatic N) is 1. The quantitative estimate of drug-likeness (QED) is 0.494. The Labute approximate surface area is 188 Å². The summed E-state index contributed by atoms with van der Waals surface area (Å²) < 4.78 is 11.9. The molecule has 1 heterocycles. The molecular formula is C25H38N2O3Si. The molecule has 1 N–H and O–H groups in total. The van der Waals surface area contributed by atoms with Crippen LogP contribution in [0.1, 0.15) is 59.8 Å². The van der Waals surface area contributed by atoms with E-state index in [1.165, 1.54) is 0 Å². The van der Waals surface area contributed by atoms with Gasteiger partial charge in [-0.05, 0) is 73.7 Å². The van der Waals surface area contributed by atoms with Crippen molar-refractivity contribution >= 4 is 20.2 Å². The second-order valence-electron chi connectivity index (χ2n) is 10.7. The first kappa shape index (κ1) is 23.6. The van der Waals surface area contributed by atoms with Gasteiger partial charge in [0.05, 0.1) is 6.20 Å². The summed E-state index contributed by atoms with van der Waals surface area (Å²) in [6.07, 6.45) is 15.2. The van der Waals surface area contributed by atoms with Crippen LogP contribution in [0.5, 0.6) is 5.75 Å². The highest BCUT2D eigenvalue weighted by Gasteiger charge is 2.39. The monoisotopic (exact) mass is 442 g/mol. The van der Waals surface area contributed by atoms with Crippen LogP contribution in [0.15, 0.2) is 42.6 Å². The number of rotatable bonds is 5. The lowest BCUT2D eigenvalue weighted by atomic mass is 9.66. The van der Waals surface area contributed by atoms with E-state index in [1.807, 2.05) is 6.07 Å². The second kappa shape index (κ2) is 9.19. The molecule has 0 spiro atoms. The fourth-order valence-corrected chi connectivity index (χ4v) is 5.15. The Morgan fingerprint density at radius 1 is 1.16 bits per heavy atom. The van der Waals surface area contributed by atoms with Crippen molar-refractivity contribution in [1.82, 2.24) is 4.98 Å². The van der Waals surface area contributed by atoms with Crippen LogP contribution in [0.25, 0.3) is 0 Å². The summed E-state index contributed by atoms with van der Waals surface area (Å²) in [6, 6.07) is 3.63. The van der Waals surface area contributed by atoms with E-state index in [2.05, 4.69) is 75.4 Å². The number of nitrogens with one attached hydrogen (secondary N) is 1. The molecule has 31 heavy (non-hydrogen) atoms. The van der Waals surface area contributed by atoms with Crippen LogP contribution in [-0.4, -0.2) is 25.5 Å². The molecule has 3 rings (SSSR count). The largest absolute Gasteiger partial charge is 0.542 e. The van der Waals surface area contributed by atoms with Gasteiger partial charge in [-0.1, -0.05) is 52.0 Å². The lowest BCUT2D eigenvalue weighted by Gasteiger charge is -2.40. The normalized spacial score (nSPS) is 26.4. The standard InChI is InChI=1S/C25H38N2O3Si/c1-24(2,3)31(5,6)30-21-14-15-22(26-18-21)27-23(28)29-20-12-10-19(11-13-20)25(4)16-8-7-9-17-25/h7-9,14-16,18-20H,10-13,17H2,1-6H3,(H,26,27,28)/t19-,20-,25?. The molecule has 2 aliphatic carbocycles. The van der Waals surface area contributed by atoms with E-state index in [0.29, 0.717) is 11.7 Å². The third-order valence-corrected chi connectivity index (χ3v) is 11.7. The summed E-state index contributed by atoms with van der Waals surface area (Å²) in [5.41, 5.74) is 0.236. The molecule has 0 radical (unpaired) electrons. The second-order valence-corrected chi connectivity index (χ2v) is 15.5. The zero-order valence-corrected chi connectivity index (χ0v) is 20.9. The highest BCUT2D eigenvalue weighted by Crippen LogP contribution is 2.44. The van der Waals surface area contributed by atoms with Crippen LogP contribution in [0, 0.1) is 11.3 Å². The van der Waals surface area contributed by atoms with Crippen molar-refractivity contribution in [3.05, 3.63) is 42.6 Å². The fraction of sp³-hybridized carbons (Fsp3) is 0.600. The van der Waals surface area contributed by atoms with Crippen LogP contribution in [-0.2, 0) is 4.74 Å². The maximum absolute atomic E-state index is 12.4. The predicted octanol–water partition coefficient (Wildman–Crippen LogP) is 7.10. The van der Waals surface area contributed by atoms with E-state index in [1.54, 1.807) is 12.3 Å². The third-order valence-electron chi connectivity index (χ3n) is 7.31. The number of ether oxygens (including phenoxy) is 1. The SMILES string of the molecule is CC(C)(C)[Si](C)(C)Oc1ccc(NC(=O)O[C@H]2CC[C@H](C3(C)C=CC=CC3)CC2)nc1. The van der Waals surface area contributed by atoms with Crippen LogP contribution in [0.2, 0.25) is 18.1 Å². The Kier molecular flexibility index (Phi) is 6.99. The van der Waals surface area contributed by atoms with E-state index in [4.69, 9.17) is 9.16 Å². The average Bonchev–Trinajstić information content (AvgIpc) is 2.69. The number of hydrogen-bond acceptors (Lipinski definition) is 4. The van der Waals surface area contributed by atoms with E-state index >= 15 is 0 Å². The molecule has 5 nitrogen and oxygen atoms in total. The molecule has 6 heteroatoms. The molecule has 2 aliphatic rings. The Bertz CT molecular complexity index is 818. The summed E-state index contributed by atoms with van der Waals surface area (Å²) in [7, 11) is -1.91. The number of aromatic nitrogens is 1. The van der Waals surface area contributed by atoms with Crippen LogP contribution in [0.4, 0.5) is 10.6 Å². The Morgan fingerprint density at radius 3 is 2.42 bits per heavy atom. The van der Waals surface area contributed by atoms with Crippen molar-refractivity contribution in [1.29, 1.82) is 0 Å². The Balaban J connectivity index is 1.46. The minimum atomic E-state index is -1.91. The number of pyridine rings is 1. The average molecular weight is 443 g/mol. The molecule has 1 saturated carbocycles. The van der Waals surface area contributed by atoms with Crippen molar-refractivity contribution in [3.8, 4) is 5.75 Å². The number of carbonyl (C=O) groups excluding carboxylic acids is 1. The van der Waals surface area contributed by atoms with Crippen LogP contribution < -0.4 is 9.74 Å². The summed E-state index contributed by atoms with van der Waals surface area (Å²) in [5.74, 6) is 1.86. The highest BCUT2D eigenvalue weighted by atomic mass is 28.4. The lowest BCUT2D eigenvalue weighted by molar-refractivity contribution is 0.0552. The van der Waals surface area contributed by atoms with Gasteiger partial charge in [-0.15, -0.1) is 0 Å². The first-order chi connectivity index (χ1) is 14.5. The summed E-state index contributed by atoms with van der Waals surface area (Å²) in [4.78, 5) is 16.7. The zero-order valence-electron chi connectivity index (χ0n) is 19.9. The van der Waals surface area contributed by atoms with Crippen LogP contribution in [0.3, 0.4) is 0 Å². The van der Waals surface area contributed by atoms with Gasteiger partial charge in [0, 0.05) is 0 Å². The topological polar surface area (TPSA) is 60.5 Å². The first-order valence-corrected chi connectivity index (χ1v) is 14.4. The van der Waals surface area contributed by atoms with E-state index in [-0.39, 0.29) is 16.6 Å². The van der Waals surface area contributed by atoms with Gasteiger partial charge >= 0.3 is 6.09 Å². The van der Waals surface area contributed by atoms with Crippen molar-refractivity contribution in [2.75, 3.05) is 5.32 Å². The zero-order chi connectivity index (χ0) is 22.7. The van der Waals surface area contributed by atoms with Crippen molar-refractivity contribution in [3.63, 3.8) is 0 Å². The molecule has 0 aliphatic heterocycles. The van der Waals surface area contributed by atoms with Crippen molar-refractivity contribution in [2.45, 2.75) is 84.0 Å². The van der Waals surface area contributed by atoms with E-state index in [0.717, 1.165) is 37.9 Å². The minimum absolute atomic E-state index is 0.0239. The van der Waals surface area contributed by atoms with Gasteiger partial charge in [0.1, 0.15) is 17.7 Å². The van der Waals surface area contributed by atoms with Gasteiger partial charge < -0.3 is 9.16 Å². The number of hydrogen-bond donors (Lipinski definition) is 1. The summed E-state index contributed by atoms with van der Waals surface area (Å²) >= 11 is 0. The van der Waals surface area contributed by atoms with Gasteiger partial charge in [-0.3, -0.25) is 5.32 Å². The molecule has 1 aromatic heterocycles. The summed E-state index contributed by atoms with van der Waals surface area (Å²) in [6.45, 7) is 13.4. The molecule has 170 valence electrons. The van der Waals surface area contributed by atoms with Gasteiger partial charge in [-0.25, -0.2) is 9.78 Å². The van der Waals surface area contributed by atoms with Gasteiger partial charge in [0.2, 0.25) is 0 Å². The smallest absolute Gasteiger partial charge is 0.413 e. The first-order valence-electron chi connectivity index (χ1n) is 11.5. The molecular weight excluding hydrogens is 404 g/mol. The number of anilines is 1. The van der Waals surface area contributed by atoms with Gasteiger partial charge in [0.15, 0.2) is 0 Å². The van der Waals surface area contributed by atoms with Gasteiger partial charge in [-0.2, -0.15) is 0 Å². The van der Waals surface area contributed by atoms with Crippen LogP contribution >= 0.6 is 0 Å². The number of carbonyl (C=O) groups is 1. The minimum Gasteiger partial charge on any atom is -0.542 e. The molecule has 1 unspecified atom stereocenters. The van der Waals surface area contributed by atoms with Gasteiger partial charge in [0.25, 0.3) is 8.32 Å². The predicted molar refractivity (Wildman–Crippen MR) is 129 cm³/mol. The number of allylic oxidation sites excluding steroid dienone is 4. The molecule has 1 amide bonds. The lowest BCUT2D eigenvalue weighted by Crippen LogP contribution is -2.43.